The summed E-state index contributed by atoms with van der Waals surface area (Å²) in [4.78, 5) is 14.0. The number of benzene rings is 1. The summed E-state index contributed by atoms with van der Waals surface area (Å²) < 4.78 is 26.2. The van der Waals surface area contributed by atoms with Crippen LogP contribution in [-0.2, 0) is 14.8 Å². The van der Waals surface area contributed by atoms with Crippen LogP contribution in [0, 0.1) is 11.8 Å². The lowest BCUT2D eigenvalue weighted by Gasteiger charge is -2.33. The first-order valence-corrected chi connectivity index (χ1v) is 9.50. The minimum atomic E-state index is -3.43. The molecule has 124 valence electrons. The second-order valence-electron chi connectivity index (χ2n) is 6.30. The summed E-state index contributed by atoms with van der Waals surface area (Å²) in [7, 11) is -3.43. The van der Waals surface area contributed by atoms with Gasteiger partial charge in [-0.05, 0) is 24.0 Å². The van der Waals surface area contributed by atoms with E-state index in [0.717, 1.165) is 12.0 Å². The summed E-state index contributed by atoms with van der Waals surface area (Å²) in [5, 5.41) is 1.25. The van der Waals surface area contributed by atoms with Crippen LogP contribution in [0.25, 0.3) is 6.08 Å². The second kappa shape index (κ2) is 6.45. The monoisotopic (exact) mass is 334 g/mol. The average molecular weight is 334 g/mol. The van der Waals surface area contributed by atoms with Crippen LogP contribution in [0.4, 0.5) is 0 Å². The number of sulfonamides is 1. The largest absolute Gasteiger partial charge is 0.340 e. The van der Waals surface area contributed by atoms with Crippen molar-refractivity contribution in [1.29, 1.82) is 0 Å². The lowest BCUT2D eigenvalue weighted by molar-refractivity contribution is -0.134. The topological polar surface area (TPSA) is 57.7 Å². The third-order valence-corrected chi connectivity index (χ3v) is 6.13. The first-order valence-electron chi connectivity index (χ1n) is 7.99. The van der Waals surface area contributed by atoms with Crippen molar-refractivity contribution in [2.24, 2.45) is 11.8 Å². The maximum Gasteiger partial charge on any atom is 0.236 e. The Balaban J connectivity index is 1.58. The number of carbonyl (C=O) groups excluding carboxylic acids is 1. The third kappa shape index (κ3) is 3.82. The molecule has 2 aliphatic rings. The van der Waals surface area contributed by atoms with Crippen molar-refractivity contribution < 1.29 is 13.2 Å². The van der Waals surface area contributed by atoms with Crippen molar-refractivity contribution in [2.45, 2.75) is 13.3 Å². The van der Waals surface area contributed by atoms with Crippen molar-refractivity contribution in [1.82, 2.24) is 9.21 Å². The first-order chi connectivity index (χ1) is 11.0. The molecule has 0 bridgehead atoms. The van der Waals surface area contributed by atoms with Gasteiger partial charge in [-0.25, -0.2) is 8.42 Å². The molecule has 1 aliphatic heterocycles. The molecule has 2 fully saturated rings. The van der Waals surface area contributed by atoms with Crippen molar-refractivity contribution in [3.63, 3.8) is 0 Å². The highest BCUT2D eigenvalue weighted by Crippen LogP contribution is 2.39. The van der Waals surface area contributed by atoms with E-state index in [4.69, 9.17) is 0 Å². The molecule has 1 saturated heterocycles. The molecule has 2 unspecified atom stereocenters. The molecule has 1 aromatic rings. The van der Waals surface area contributed by atoms with Gasteiger partial charge in [-0.1, -0.05) is 37.3 Å². The summed E-state index contributed by atoms with van der Waals surface area (Å²) in [6, 6.07) is 9.35. The predicted octanol–water partition coefficient (Wildman–Crippen LogP) is 1.79. The van der Waals surface area contributed by atoms with Crippen molar-refractivity contribution in [3.05, 3.63) is 41.3 Å². The SMILES string of the molecule is CC1CC1C(=O)N1CCN(S(=O)(=O)C=Cc2ccccc2)CC1. The molecule has 1 aromatic carbocycles. The lowest BCUT2D eigenvalue weighted by Crippen LogP contribution is -2.50. The van der Waals surface area contributed by atoms with Crippen LogP contribution in [0.15, 0.2) is 35.7 Å². The van der Waals surface area contributed by atoms with E-state index in [2.05, 4.69) is 6.92 Å². The van der Waals surface area contributed by atoms with E-state index in [1.54, 1.807) is 11.0 Å². The molecular formula is C17H22N2O3S. The number of hydrogen-bond acceptors (Lipinski definition) is 3. The zero-order valence-corrected chi connectivity index (χ0v) is 14.1. The van der Waals surface area contributed by atoms with Gasteiger partial charge in [-0.2, -0.15) is 4.31 Å². The maximum absolute atomic E-state index is 12.4. The Kier molecular flexibility index (Phi) is 4.55. The highest BCUT2D eigenvalue weighted by molar-refractivity contribution is 7.92. The Labute approximate surface area is 137 Å². The maximum atomic E-state index is 12.4. The number of hydrogen-bond donors (Lipinski definition) is 0. The Morgan fingerprint density at radius 1 is 1.13 bits per heavy atom. The Morgan fingerprint density at radius 2 is 1.74 bits per heavy atom. The van der Waals surface area contributed by atoms with Crippen LogP contribution in [-0.4, -0.2) is 49.7 Å². The number of piperazine rings is 1. The fraction of sp³-hybridized carbons (Fsp3) is 0.471. The zero-order chi connectivity index (χ0) is 16.4. The van der Waals surface area contributed by atoms with Gasteiger partial charge in [-0.15, -0.1) is 0 Å². The van der Waals surface area contributed by atoms with E-state index in [-0.39, 0.29) is 11.8 Å². The highest BCUT2D eigenvalue weighted by atomic mass is 32.2. The van der Waals surface area contributed by atoms with Crippen LogP contribution in [0.2, 0.25) is 0 Å². The van der Waals surface area contributed by atoms with Crippen LogP contribution < -0.4 is 0 Å². The van der Waals surface area contributed by atoms with Gasteiger partial charge in [0.2, 0.25) is 15.9 Å². The number of rotatable bonds is 4. The average Bonchev–Trinajstić information content (AvgIpc) is 3.30. The predicted molar refractivity (Wildman–Crippen MR) is 89.8 cm³/mol. The minimum absolute atomic E-state index is 0.163. The summed E-state index contributed by atoms with van der Waals surface area (Å²) in [6.45, 7) is 3.79. The second-order valence-corrected chi connectivity index (χ2v) is 8.12. The quantitative estimate of drug-likeness (QED) is 0.843. The van der Waals surface area contributed by atoms with Gasteiger partial charge < -0.3 is 4.90 Å². The molecule has 1 aliphatic carbocycles. The standard InChI is InChI=1S/C17H22N2O3S/c1-14-13-16(14)17(20)18-8-10-19(11-9-18)23(21,22)12-7-15-5-3-2-4-6-15/h2-7,12,14,16H,8-11,13H2,1H3. The van der Waals surface area contributed by atoms with Gasteiger partial charge >= 0.3 is 0 Å². The van der Waals surface area contributed by atoms with E-state index in [1.807, 2.05) is 30.3 Å². The number of nitrogens with zero attached hydrogens (tertiary/aromatic N) is 2. The van der Waals surface area contributed by atoms with Crippen molar-refractivity contribution >= 4 is 22.0 Å². The molecule has 2 atom stereocenters. The van der Waals surface area contributed by atoms with Crippen LogP contribution in [0.1, 0.15) is 18.9 Å². The summed E-state index contributed by atoms with van der Waals surface area (Å²) in [5.74, 6) is 0.837. The van der Waals surface area contributed by atoms with Crippen molar-refractivity contribution in [3.8, 4) is 0 Å². The van der Waals surface area contributed by atoms with Gasteiger partial charge in [-0.3, -0.25) is 4.79 Å². The molecule has 5 nitrogen and oxygen atoms in total. The Morgan fingerprint density at radius 3 is 2.30 bits per heavy atom. The molecule has 1 amide bonds. The number of amides is 1. The van der Waals surface area contributed by atoms with Crippen molar-refractivity contribution in [2.75, 3.05) is 26.2 Å². The first kappa shape index (κ1) is 16.2. The van der Waals surface area contributed by atoms with E-state index in [0.29, 0.717) is 32.1 Å². The fourth-order valence-corrected chi connectivity index (χ4v) is 4.05. The Hall–Kier alpha value is -1.66. The highest BCUT2D eigenvalue weighted by Gasteiger charge is 2.42. The van der Waals surface area contributed by atoms with Gasteiger partial charge in [0.05, 0.1) is 0 Å². The van der Waals surface area contributed by atoms with E-state index < -0.39 is 10.0 Å². The molecule has 23 heavy (non-hydrogen) atoms. The molecular weight excluding hydrogens is 312 g/mol. The van der Waals surface area contributed by atoms with Gasteiger partial charge in [0.1, 0.15) is 0 Å². The molecule has 1 saturated carbocycles. The number of carbonyl (C=O) groups is 1. The van der Waals surface area contributed by atoms with E-state index in [1.165, 1.54) is 9.71 Å². The molecule has 0 N–H and O–H groups in total. The molecule has 1 heterocycles. The van der Waals surface area contributed by atoms with E-state index >= 15 is 0 Å². The van der Waals surface area contributed by atoms with Gasteiger partial charge in [0.15, 0.2) is 0 Å². The summed E-state index contributed by atoms with van der Waals surface area (Å²) >= 11 is 0. The molecule has 0 spiro atoms. The van der Waals surface area contributed by atoms with Gasteiger partial charge in [0.25, 0.3) is 0 Å². The molecule has 3 rings (SSSR count). The molecule has 0 aromatic heterocycles. The summed E-state index contributed by atoms with van der Waals surface area (Å²) in [6.07, 6.45) is 2.58. The fourth-order valence-electron chi connectivity index (χ4n) is 2.88. The van der Waals surface area contributed by atoms with Crippen LogP contribution in [0.5, 0.6) is 0 Å². The smallest absolute Gasteiger partial charge is 0.236 e. The Bertz CT molecular complexity index is 692. The molecule has 0 radical (unpaired) electrons. The van der Waals surface area contributed by atoms with Crippen LogP contribution in [0.3, 0.4) is 0 Å². The van der Waals surface area contributed by atoms with E-state index in [9.17, 15) is 13.2 Å². The zero-order valence-electron chi connectivity index (χ0n) is 13.3. The van der Waals surface area contributed by atoms with Gasteiger partial charge in [0, 0.05) is 37.5 Å². The normalized spacial score (nSPS) is 25.7. The lowest BCUT2D eigenvalue weighted by atomic mass is 10.2. The van der Waals surface area contributed by atoms with Crippen LogP contribution >= 0.6 is 0 Å². The summed E-state index contributed by atoms with van der Waals surface area (Å²) in [5.41, 5.74) is 0.854. The molecule has 6 heteroatoms. The minimum Gasteiger partial charge on any atom is -0.340 e. The third-order valence-electron chi connectivity index (χ3n) is 4.57.